The Bertz CT molecular complexity index is 722. The minimum atomic E-state index is -3.70. The summed E-state index contributed by atoms with van der Waals surface area (Å²) < 4.78 is 27.2. The lowest BCUT2D eigenvalue weighted by atomic mass is 10.1. The molecule has 1 atom stereocenters. The number of nitrogens with one attached hydrogen (secondary N) is 2. The number of hydrogen-bond donors (Lipinski definition) is 2. The van der Waals surface area contributed by atoms with Crippen LogP contribution in [0.4, 0.5) is 5.82 Å². The second kappa shape index (κ2) is 6.38. The lowest BCUT2D eigenvalue weighted by Gasteiger charge is -2.14. The van der Waals surface area contributed by atoms with Crippen molar-refractivity contribution >= 4 is 27.4 Å². The fraction of sp³-hybridized carbons (Fsp3) is 0.231. The molecule has 0 saturated heterocycles. The van der Waals surface area contributed by atoms with E-state index in [1.807, 2.05) is 0 Å². The molecule has 2 N–H and O–H groups in total. The maximum Gasteiger partial charge on any atom is 0.242 e. The third-order valence-electron chi connectivity index (χ3n) is 2.90. The SMILES string of the molecule is CNc1ncc(S(=O)(=O)NC(C)c2ccncc2)cc1Cl. The summed E-state index contributed by atoms with van der Waals surface area (Å²) in [5.74, 6) is 0.429. The minimum Gasteiger partial charge on any atom is -0.372 e. The number of hydrogen-bond acceptors (Lipinski definition) is 5. The maximum absolute atomic E-state index is 12.3. The number of nitrogens with zero attached hydrogens (tertiary/aromatic N) is 2. The highest BCUT2D eigenvalue weighted by molar-refractivity contribution is 7.89. The topological polar surface area (TPSA) is 84.0 Å². The molecule has 0 aliphatic carbocycles. The lowest BCUT2D eigenvalue weighted by molar-refractivity contribution is 0.566. The Morgan fingerprint density at radius 3 is 2.52 bits per heavy atom. The van der Waals surface area contributed by atoms with Crippen LogP contribution in [0.3, 0.4) is 0 Å². The highest BCUT2D eigenvalue weighted by Crippen LogP contribution is 2.23. The van der Waals surface area contributed by atoms with Crippen LogP contribution in [-0.4, -0.2) is 25.4 Å². The average molecular weight is 327 g/mol. The number of sulfonamides is 1. The zero-order valence-corrected chi connectivity index (χ0v) is 13.1. The van der Waals surface area contributed by atoms with Gasteiger partial charge >= 0.3 is 0 Å². The first-order chi connectivity index (χ1) is 9.94. The van der Waals surface area contributed by atoms with Gasteiger partial charge in [0.05, 0.1) is 5.02 Å². The Hall–Kier alpha value is -1.70. The molecule has 0 aliphatic heterocycles. The first-order valence-electron chi connectivity index (χ1n) is 6.19. The first-order valence-corrected chi connectivity index (χ1v) is 8.05. The Morgan fingerprint density at radius 2 is 1.95 bits per heavy atom. The van der Waals surface area contributed by atoms with Gasteiger partial charge in [0.1, 0.15) is 10.7 Å². The maximum atomic E-state index is 12.3. The van der Waals surface area contributed by atoms with E-state index < -0.39 is 10.0 Å². The molecule has 6 nitrogen and oxygen atoms in total. The van der Waals surface area contributed by atoms with E-state index in [1.165, 1.54) is 12.3 Å². The van der Waals surface area contributed by atoms with Crippen molar-refractivity contribution in [3.05, 3.63) is 47.4 Å². The van der Waals surface area contributed by atoms with Gasteiger partial charge in [-0.2, -0.15) is 0 Å². The van der Waals surface area contributed by atoms with E-state index in [2.05, 4.69) is 20.0 Å². The first kappa shape index (κ1) is 15.7. The summed E-state index contributed by atoms with van der Waals surface area (Å²) in [6.07, 6.45) is 4.49. The van der Waals surface area contributed by atoms with Crippen LogP contribution in [0.1, 0.15) is 18.5 Å². The van der Waals surface area contributed by atoms with E-state index in [4.69, 9.17) is 11.6 Å². The minimum absolute atomic E-state index is 0.0207. The molecule has 2 rings (SSSR count). The molecule has 2 aromatic heterocycles. The summed E-state index contributed by atoms with van der Waals surface area (Å²) in [5, 5.41) is 3.02. The lowest BCUT2D eigenvalue weighted by Crippen LogP contribution is -2.27. The number of pyridine rings is 2. The van der Waals surface area contributed by atoms with Gasteiger partial charge in [0.2, 0.25) is 10.0 Å². The molecule has 0 saturated carbocycles. The zero-order valence-electron chi connectivity index (χ0n) is 11.5. The van der Waals surface area contributed by atoms with Gasteiger partial charge in [-0.05, 0) is 30.7 Å². The summed E-state index contributed by atoms with van der Waals surface area (Å²) in [7, 11) is -2.04. The number of aromatic nitrogens is 2. The second-order valence-electron chi connectivity index (χ2n) is 4.37. The van der Waals surface area contributed by atoms with E-state index in [9.17, 15) is 8.42 Å². The van der Waals surface area contributed by atoms with Crippen LogP contribution < -0.4 is 10.0 Å². The smallest absolute Gasteiger partial charge is 0.242 e. The monoisotopic (exact) mass is 326 g/mol. The van der Waals surface area contributed by atoms with E-state index in [0.29, 0.717) is 5.82 Å². The van der Waals surface area contributed by atoms with Gasteiger partial charge in [0, 0.05) is 31.7 Å². The van der Waals surface area contributed by atoms with Gasteiger partial charge < -0.3 is 5.32 Å². The van der Waals surface area contributed by atoms with Crippen molar-refractivity contribution < 1.29 is 8.42 Å². The van der Waals surface area contributed by atoms with Crippen molar-refractivity contribution in [2.75, 3.05) is 12.4 Å². The fourth-order valence-corrected chi connectivity index (χ4v) is 3.30. The highest BCUT2D eigenvalue weighted by Gasteiger charge is 2.20. The van der Waals surface area contributed by atoms with Crippen LogP contribution in [0.15, 0.2) is 41.7 Å². The molecular formula is C13H15ClN4O2S. The quantitative estimate of drug-likeness (QED) is 0.880. The number of halogens is 1. The van der Waals surface area contributed by atoms with Gasteiger partial charge in [-0.15, -0.1) is 0 Å². The van der Waals surface area contributed by atoms with Crippen molar-refractivity contribution in [1.82, 2.24) is 14.7 Å². The zero-order chi connectivity index (χ0) is 15.5. The van der Waals surface area contributed by atoms with E-state index in [-0.39, 0.29) is 16.0 Å². The Kier molecular flexibility index (Phi) is 4.76. The number of anilines is 1. The molecule has 8 heteroatoms. The molecule has 2 aromatic rings. The van der Waals surface area contributed by atoms with Crippen molar-refractivity contribution in [3.63, 3.8) is 0 Å². The third kappa shape index (κ3) is 3.69. The highest BCUT2D eigenvalue weighted by atomic mass is 35.5. The predicted molar refractivity (Wildman–Crippen MR) is 81.8 cm³/mol. The molecule has 0 aliphatic rings. The van der Waals surface area contributed by atoms with Crippen LogP contribution in [-0.2, 0) is 10.0 Å². The van der Waals surface area contributed by atoms with E-state index in [1.54, 1.807) is 38.5 Å². The molecule has 0 amide bonds. The molecular weight excluding hydrogens is 312 g/mol. The van der Waals surface area contributed by atoms with Crippen LogP contribution >= 0.6 is 11.6 Å². The largest absolute Gasteiger partial charge is 0.372 e. The molecule has 112 valence electrons. The van der Waals surface area contributed by atoms with Crippen LogP contribution in [0.2, 0.25) is 5.02 Å². The fourth-order valence-electron chi connectivity index (χ4n) is 1.77. The summed E-state index contributed by atoms with van der Waals surface area (Å²) in [5.41, 5.74) is 0.819. The van der Waals surface area contributed by atoms with Crippen molar-refractivity contribution in [2.45, 2.75) is 17.9 Å². The summed E-state index contributed by atoms with van der Waals surface area (Å²) in [6.45, 7) is 1.75. The van der Waals surface area contributed by atoms with E-state index in [0.717, 1.165) is 5.56 Å². The van der Waals surface area contributed by atoms with Gasteiger partial charge in [0.15, 0.2) is 0 Å². The molecule has 0 radical (unpaired) electrons. The van der Waals surface area contributed by atoms with Crippen LogP contribution in [0.5, 0.6) is 0 Å². The van der Waals surface area contributed by atoms with Gasteiger partial charge in [-0.1, -0.05) is 11.6 Å². The molecule has 0 bridgehead atoms. The van der Waals surface area contributed by atoms with Gasteiger partial charge in [-0.25, -0.2) is 18.1 Å². The van der Waals surface area contributed by atoms with E-state index >= 15 is 0 Å². The molecule has 2 heterocycles. The summed E-state index contributed by atoms with van der Waals surface area (Å²) in [6, 6.07) is 4.48. The molecule has 1 unspecified atom stereocenters. The van der Waals surface area contributed by atoms with Gasteiger partial charge in [-0.3, -0.25) is 4.98 Å². The normalized spacial score (nSPS) is 12.9. The average Bonchev–Trinajstić information content (AvgIpc) is 2.47. The standard InChI is InChI=1S/C13H15ClN4O2S/c1-9(10-3-5-16-6-4-10)18-21(19,20)11-7-12(14)13(15-2)17-8-11/h3-9,18H,1-2H3,(H,15,17). The van der Waals surface area contributed by atoms with Crippen molar-refractivity contribution in [1.29, 1.82) is 0 Å². The third-order valence-corrected chi connectivity index (χ3v) is 4.70. The molecule has 0 fully saturated rings. The molecule has 0 spiro atoms. The van der Waals surface area contributed by atoms with Crippen LogP contribution in [0.25, 0.3) is 0 Å². The predicted octanol–water partition coefficient (Wildman–Crippen LogP) is 2.21. The Balaban J connectivity index is 2.24. The Morgan fingerprint density at radius 1 is 1.29 bits per heavy atom. The molecule has 0 aromatic carbocycles. The Labute approximate surface area is 128 Å². The van der Waals surface area contributed by atoms with Gasteiger partial charge in [0.25, 0.3) is 0 Å². The number of rotatable bonds is 5. The van der Waals surface area contributed by atoms with Crippen LogP contribution in [0, 0.1) is 0 Å². The van der Waals surface area contributed by atoms with Crippen molar-refractivity contribution in [3.8, 4) is 0 Å². The molecule has 21 heavy (non-hydrogen) atoms. The second-order valence-corrected chi connectivity index (χ2v) is 6.50. The summed E-state index contributed by atoms with van der Waals surface area (Å²) in [4.78, 5) is 7.89. The summed E-state index contributed by atoms with van der Waals surface area (Å²) >= 11 is 5.96. The van der Waals surface area contributed by atoms with Crippen molar-refractivity contribution in [2.24, 2.45) is 0 Å².